The van der Waals surface area contributed by atoms with Gasteiger partial charge in [0.05, 0.1) is 0 Å². The summed E-state index contributed by atoms with van der Waals surface area (Å²) in [6, 6.07) is 0.667. The number of hydrogen-bond acceptors (Lipinski definition) is 4. The molecule has 19 heavy (non-hydrogen) atoms. The molecule has 0 radical (unpaired) electrons. The van der Waals surface area contributed by atoms with Gasteiger partial charge in [-0.1, -0.05) is 0 Å². The van der Waals surface area contributed by atoms with E-state index in [1.807, 2.05) is 0 Å². The Morgan fingerprint density at radius 3 is 2.95 bits per heavy atom. The molecular weight excluding hydrogens is 236 g/mol. The molecule has 2 aliphatic heterocycles. The van der Waals surface area contributed by atoms with Gasteiger partial charge < -0.3 is 10.2 Å². The quantitative estimate of drug-likeness (QED) is 0.828. The second-order valence-electron chi connectivity index (χ2n) is 6.26. The Balaban J connectivity index is 1.63. The van der Waals surface area contributed by atoms with Crippen molar-refractivity contribution in [2.75, 3.05) is 24.5 Å². The second kappa shape index (κ2) is 4.44. The monoisotopic (exact) mass is 258 g/mol. The summed E-state index contributed by atoms with van der Waals surface area (Å²) >= 11 is 0. The number of rotatable bonds is 1. The summed E-state index contributed by atoms with van der Waals surface area (Å²) in [5, 5.41) is 3.60. The van der Waals surface area contributed by atoms with Crippen molar-refractivity contribution in [1.29, 1.82) is 0 Å². The van der Waals surface area contributed by atoms with Gasteiger partial charge in [0.25, 0.3) is 0 Å². The van der Waals surface area contributed by atoms with Gasteiger partial charge in [-0.25, -0.2) is 9.97 Å². The molecule has 1 aromatic heterocycles. The van der Waals surface area contributed by atoms with E-state index in [9.17, 15) is 0 Å². The third-order valence-corrected chi connectivity index (χ3v) is 5.02. The van der Waals surface area contributed by atoms with E-state index in [4.69, 9.17) is 9.97 Å². The summed E-state index contributed by atoms with van der Waals surface area (Å²) in [4.78, 5) is 12.0. The molecule has 0 amide bonds. The van der Waals surface area contributed by atoms with Crippen LogP contribution in [0.5, 0.6) is 0 Å². The van der Waals surface area contributed by atoms with Crippen molar-refractivity contribution >= 4 is 5.95 Å². The number of aromatic nitrogens is 2. The predicted octanol–water partition coefficient (Wildman–Crippen LogP) is 1.46. The van der Waals surface area contributed by atoms with E-state index in [1.54, 1.807) is 0 Å². The molecule has 4 rings (SSSR count). The van der Waals surface area contributed by atoms with E-state index in [-0.39, 0.29) is 0 Å². The third-order valence-electron chi connectivity index (χ3n) is 5.02. The van der Waals surface area contributed by atoms with E-state index in [0.717, 1.165) is 31.4 Å². The smallest absolute Gasteiger partial charge is 0.225 e. The number of anilines is 1. The molecule has 1 aliphatic carbocycles. The predicted molar refractivity (Wildman–Crippen MR) is 75.5 cm³/mol. The maximum absolute atomic E-state index is 4.87. The minimum absolute atomic E-state index is 0.667. The Morgan fingerprint density at radius 1 is 1.16 bits per heavy atom. The summed E-state index contributed by atoms with van der Waals surface area (Å²) < 4.78 is 0. The lowest BCUT2D eigenvalue weighted by atomic mass is 9.95. The maximum Gasteiger partial charge on any atom is 0.225 e. The number of nitrogens with one attached hydrogen (secondary N) is 1. The highest BCUT2D eigenvalue weighted by molar-refractivity contribution is 5.40. The number of fused-ring (bicyclic) bond motifs is 2. The first-order valence-corrected chi connectivity index (χ1v) is 7.66. The fraction of sp³-hybridized carbons (Fsp3) is 0.733. The van der Waals surface area contributed by atoms with Gasteiger partial charge in [-0.3, -0.25) is 0 Å². The fourth-order valence-electron chi connectivity index (χ4n) is 3.92. The van der Waals surface area contributed by atoms with E-state index in [2.05, 4.69) is 17.1 Å². The van der Waals surface area contributed by atoms with Crippen molar-refractivity contribution in [3.05, 3.63) is 17.0 Å². The summed E-state index contributed by atoms with van der Waals surface area (Å²) in [5.74, 6) is 1.79. The van der Waals surface area contributed by atoms with Crippen molar-refractivity contribution < 1.29 is 0 Å². The summed E-state index contributed by atoms with van der Waals surface area (Å²) in [6.07, 6.45) is 6.22. The van der Waals surface area contributed by atoms with Crippen molar-refractivity contribution in [3.8, 4) is 0 Å². The molecule has 2 atom stereocenters. The van der Waals surface area contributed by atoms with E-state index >= 15 is 0 Å². The molecular formula is C15H22N4. The standard InChI is InChI=1S/C15H22N4/c1-10-12-4-2-3-5-13(12)18-15(17-10)19-8-11-6-7-16-14(11)9-19/h11,14,16H,2-9H2,1H3/t11-,14+/m0/s1. The normalized spacial score (nSPS) is 29.4. The largest absolute Gasteiger partial charge is 0.339 e. The lowest BCUT2D eigenvalue weighted by Crippen LogP contribution is -2.31. The topological polar surface area (TPSA) is 41.1 Å². The van der Waals surface area contributed by atoms with E-state index < -0.39 is 0 Å². The zero-order chi connectivity index (χ0) is 12.8. The molecule has 4 heteroatoms. The van der Waals surface area contributed by atoms with Gasteiger partial charge in [-0.2, -0.15) is 0 Å². The van der Waals surface area contributed by atoms with Crippen LogP contribution in [0.25, 0.3) is 0 Å². The van der Waals surface area contributed by atoms with Crippen molar-refractivity contribution in [2.24, 2.45) is 5.92 Å². The highest BCUT2D eigenvalue weighted by atomic mass is 15.3. The van der Waals surface area contributed by atoms with Crippen LogP contribution in [0.3, 0.4) is 0 Å². The van der Waals surface area contributed by atoms with Crippen molar-refractivity contribution in [2.45, 2.75) is 45.1 Å². The molecule has 0 aromatic carbocycles. The summed E-state index contributed by atoms with van der Waals surface area (Å²) in [7, 11) is 0. The number of hydrogen-bond donors (Lipinski definition) is 1. The van der Waals surface area contributed by atoms with Crippen LogP contribution in [0.15, 0.2) is 0 Å². The molecule has 4 nitrogen and oxygen atoms in total. The van der Waals surface area contributed by atoms with E-state index in [1.165, 1.54) is 49.2 Å². The van der Waals surface area contributed by atoms with Crippen LogP contribution < -0.4 is 10.2 Å². The summed E-state index contributed by atoms with van der Waals surface area (Å²) in [5.41, 5.74) is 3.95. The van der Waals surface area contributed by atoms with Gasteiger partial charge in [-0.05, 0) is 57.1 Å². The Bertz CT molecular complexity index is 487. The minimum atomic E-state index is 0.667. The molecule has 0 bridgehead atoms. The summed E-state index contributed by atoms with van der Waals surface area (Å²) in [6.45, 7) is 5.57. The Labute approximate surface area is 114 Å². The van der Waals surface area contributed by atoms with Crippen molar-refractivity contribution in [3.63, 3.8) is 0 Å². The Hall–Kier alpha value is -1.16. The molecule has 0 spiro atoms. The van der Waals surface area contributed by atoms with Gasteiger partial charge in [-0.15, -0.1) is 0 Å². The average molecular weight is 258 g/mol. The number of nitrogens with zero attached hydrogens (tertiary/aromatic N) is 3. The maximum atomic E-state index is 4.87. The van der Waals surface area contributed by atoms with Crippen LogP contribution in [0.1, 0.15) is 36.2 Å². The van der Waals surface area contributed by atoms with Crippen LogP contribution in [0.4, 0.5) is 5.95 Å². The van der Waals surface area contributed by atoms with Gasteiger partial charge in [0.15, 0.2) is 0 Å². The first-order valence-electron chi connectivity index (χ1n) is 7.66. The lowest BCUT2D eigenvalue weighted by Gasteiger charge is -2.22. The van der Waals surface area contributed by atoms with Gasteiger partial charge in [0, 0.05) is 30.5 Å². The van der Waals surface area contributed by atoms with Crippen molar-refractivity contribution in [1.82, 2.24) is 15.3 Å². The van der Waals surface area contributed by atoms with Crippen LogP contribution in [-0.4, -0.2) is 35.6 Å². The van der Waals surface area contributed by atoms with E-state index in [0.29, 0.717) is 6.04 Å². The third kappa shape index (κ3) is 1.93. The average Bonchev–Trinajstić information content (AvgIpc) is 2.99. The molecule has 2 saturated heterocycles. The highest BCUT2D eigenvalue weighted by Crippen LogP contribution is 2.29. The zero-order valence-electron chi connectivity index (χ0n) is 11.7. The molecule has 0 saturated carbocycles. The second-order valence-corrected chi connectivity index (χ2v) is 6.26. The molecule has 102 valence electrons. The highest BCUT2D eigenvalue weighted by Gasteiger charge is 2.37. The Kier molecular flexibility index (Phi) is 2.72. The molecule has 1 aromatic rings. The molecule has 0 unspecified atom stereocenters. The van der Waals surface area contributed by atoms with Crippen LogP contribution in [0.2, 0.25) is 0 Å². The van der Waals surface area contributed by atoms with Crippen LogP contribution in [0, 0.1) is 12.8 Å². The first kappa shape index (κ1) is 11.6. The molecule has 1 N–H and O–H groups in total. The zero-order valence-corrected chi connectivity index (χ0v) is 11.7. The number of aryl methyl sites for hydroxylation is 2. The molecule has 2 fully saturated rings. The van der Waals surface area contributed by atoms with Gasteiger partial charge >= 0.3 is 0 Å². The fourth-order valence-corrected chi connectivity index (χ4v) is 3.92. The van der Waals surface area contributed by atoms with Crippen LogP contribution >= 0.6 is 0 Å². The molecule has 3 heterocycles. The molecule has 3 aliphatic rings. The van der Waals surface area contributed by atoms with Gasteiger partial charge in [0.2, 0.25) is 5.95 Å². The van der Waals surface area contributed by atoms with Gasteiger partial charge in [0.1, 0.15) is 0 Å². The lowest BCUT2D eigenvalue weighted by molar-refractivity contribution is 0.556. The van der Waals surface area contributed by atoms with Crippen LogP contribution in [-0.2, 0) is 12.8 Å². The first-order chi connectivity index (χ1) is 9.31. The SMILES string of the molecule is Cc1nc(N2C[C@@H]3CCN[C@@H]3C2)nc2c1CCCC2. The Morgan fingerprint density at radius 2 is 2.05 bits per heavy atom. The minimum Gasteiger partial charge on any atom is -0.339 e.